The SMILES string of the molecule is CC(C)N1CCC(NCC(F)(F)CO)C1. The molecule has 0 saturated carbocycles. The number of hydrogen-bond donors (Lipinski definition) is 2. The van der Waals surface area contributed by atoms with Gasteiger partial charge in [-0.05, 0) is 26.8 Å². The quantitative estimate of drug-likeness (QED) is 0.718. The van der Waals surface area contributed by atoms with Crippen LogP contribution in [0.1, 0.15) is 20.3 Å². The first-order valence-corrected chi connectivity index (χ1v) is 5.41. The third-order valence-electron chi connectivity index (χ3n) is 2.83. The third kappa shape index (κ3) is 4.01. The highest BCUT2D eigenvalue weighted by Crippen LogP contribution is 2.15. The van der Waals surface area contributed by atoms with Crippen LogP contribution in [0.4, 0.5) is 8.78 Å². The molecule has 1 fully saturated rings. The van der Waals surface area contributed by atoms with Crippen molar-refractivity contribution < 1.29 is 13.9 Å². The second-order valence-corrected chi connectivity index (χ2v) is 4.47. The second kappa shape index (κ2) is 5.18. The fraction of sp³-hybridized carbons (Fsp3) is 1.00. The zero-order valence-electron chi connectivity index (χ0n) is 9.34. The topological polar surface area (TPSA) is 35.5 Å². The molecule has 0 aromatic heterocycles. The lowest BCUT2D eigenvalue weighted by atomic mass is 10.2. The standard InChI is InChI=1S/C10H20F2N2O/c1-8(2)14-4-3-9(5-14)13-6-10(11,12)7-15/h8-9,13,15H,3-7H2,1-2H3. The van der Waals surface area contributed by atoms with E-state index in [1.54, 1.807) is 0 Å². The van der Waals surface area contributed by atoms with Crippen molar-refractivity contribution in [3.05, 3.63) is 0 Å². The van der Waals surface area contributed by atoms with Crippen LogP contribution in [0.25, 0.3) is 0 Å². The van der Waals surface area contributed by atoms with E-state index < -0.39 is 19.1 Å². The number of aliphatic hydroxyl groups excluding tert-OH is 1. The maximum atomic E-state index is 12.7. The molecule has 3 nitrogen and oxygen atoms in total. The van der Waals surface area contributed by atoms with Gasteiger partial charge in [0.15, 0.2) is 0 Å². The highest BCUT2D eigenvalue weighted by atomic mass is 19.3. The van der Waals surface area contributed by atoms with Crippen LogP contribution in [-0.2, 0) is 0 Å². The Morgan fingerprint density at radius 3 is 2.67 bits per heavy atom. The number of nitrogens with zero attached hydrogens (tertiary/aromatic N) is 1. The van der Waals surface area contributed by atoms with Crippen molar-refractivity contribution in [2.24, 2.45) is 0 Å². The molecular weight excluding hydrogens is 202 g/mol. The number of aliphatic hydroxyl groups is 1. The minimum atomic E-state index is -2.99. The molecular formula is C10H20F2N2O. The Hall–Kier alpha value is -0.260. The minimum Gasteiger partial charge on any atom is -0.390 e. The predicted molar refractivity (Wildman–Crippen MR) is 55.1 cm³/mol. The summed E-state index contributed by atoms with van der Waals surface area (Å²) in [5.41, 5.74) is 0. The van der Waals surface area contributed by atoms with Gasteiger partial charge >= 0.3 is 0 Å². The van der Waals surface area contributed by atoms with Crippen molar-refractivity contribution >= 4 is 0 Å². The molecule has 2 N–H and O–H groups in total. The maximum absolute atomic E-state index is 12.7. The normalized spacial score (nSPS) is 24.0. The van der Waals surface area contributed by atoms with E-state index in [0.717, 1.165) is 19.5 Å². The Morgan fingerprint density at radius 1 is 1.53 bits per heavy atom. The number of nitrogens with one attached hydrogen (secondary N) is 1. The van der Waals surface area contributed by atoms with Gasteiger partial charge in [0.1, 0.15) is 6.61 Å². The lowest BCUT2D eigenvalue weighted by molar-refractivity contribution is -0.0491. The van der Waals surface area contributed by atoms with Gasteiger partial charge in [0.05, 0.1) is 6.54 Å². The Morgan fingerprint density at radius 2 is 2.20 bits per heavy atom. The van der Waals surface area contributed by atoms with E-state index in [1.165, 1.54) is 0 Å². The van der Waals surface area contributed by atoms with Gasteiger partial charge in [-0.1, -0.05) is 0 Å². The molecule has 0 spiro atoms. The van der Waals surface area contributed by atoms with Gasteiger partial charge in [0.2, 0.25) is 0 Å². The summed E-state index contributed by atoms with van der Waals surface area (Å²) < 4.78 is 25.5. The summed E-state index contributed by atoms with van der Waals surface area (Å²) in [6.45, 7) is 4.47. The van der Waals surface area contributed by atoms with Crippen LogP contribution >= 0.6 is 0 Å². The van der Waals surface area contributed by atoms with Crippen LogP contribution in [0.3, 0.4) is 0 Å². The van der Waals surface area contributed by atoms with E-state index in [2.05, 4.69) is 24.1 Å². The molecule has 0 aromatic carbocycles. The molecule has 1 atom stereocenters. The first kappa shape index (κ1) is 12.8. The van der Waals surface area contributed by atoms with Crippen molar-refractivity contribution in [1.82, 2.24) is 10.2 Å². The lowest BCUT2D eigenvalue weighted by Gasteiger charge is -2.21. The molecule has 90 valence electrons. The predicted octanol–water partition coefficient (Wildman–Crippen LogP) is 0.686. The fourth-order valence-corrected chi connectivity index (χ4v) is 1.77. The van der Waals surface area contributed by atoms with Crippen molar-refractivity contribution in [1.29, 1.82) is 0 Å². The summed E-state index contributed by atoms with van der Waals surface area (Å²) in [4.78, 5) is 2.26. The van der Waals surface area contributed by atoms with Crippen molar-refractivity contribution in [2.75, 3.05) is 26.2 Å². The van der Waals surface area contributed by atoms with Gasteiger partial charge in [-0.25, -0.2) is 8.78 Å². The van der Waals surface area contributed by atoms with Crippen LogP contribution in [0, 0.1) is 0 Å². The molecule has 0 amide bonds. The molecule has 0 bridgehead atoms. The number of alkyl halides is 2. The summed E-state index contributed by atoms with van der Waals surface area (Å²) in [5, 5.41) is 11.2. The highest BCUT2D eigenvalue weighted by Gasteiger charge is 2.30. The molecule has 15 heavy (non-hydrogen) atoms. The third-order valence-corrected chi connectivity index (χ3v) is 2.83. The number of halogens is 2. The Kier molecular flexibility index (Phi) is 4.43. The smallest absolute Gasteiger partial charge is 0.282 e. The monoisotopic (exact) mass is 222 g/mol. The first-order chi connectivity index (χ1) is 6.94. The van der Waals surface area contributed by atoms with E-state index >= 15 is 0 Å². The van der Waals surface area contributed by atoms with Crippen LogP contribution < -0.4 is 5.32 Å². The van der Waals surface area contributed by atoms with Crippen molar-refractivity contribution in [3.63, 3.8) is 0 Å². The van der Waals surface area contributed by atoms with Crippen molar-refractivity contribution in [2.45, 2.75) is 38.3 Å². The summed E-state index contributed by atoms with van der Waals surface area (Å²) in [5.74, 6) is -2.99. The summed E-state index contributed by atoms with van der Waals surface area (Å²) in [6.07, 6.45) is 0.902. The summed E-state index contributed by atoms with van der Waals surface area (Å²) in [7, 11) is 0. The average molecular weight is 222 g/mol. The minimum absolute atomic E-state index is 0.129. The molecule has 1 aliphatic rings. The number of likely N-dealkylation sites (tertiary alicyclic amines) is 1. The molecule has 1 heterocycles. The second-order valence-electron chi connectivity index (χ2n) is 4.47. The van der Waals surface area contributed by atoms with Gasteiger partial charge in [0, 0.05) is 18.6 Å². The summed E-state index contributed by atoms with van der Waals surface area (Å²) in [6, 6.07) is 0.597. The summed E-state index contributed by atoms with van der Waals surface area (Å²) >= 11 is 0. The van der Waals surface area contributed by atoms with Gasteiger partial charge in [0.25, 0.3) is 5.92 Å². The Balaban J connectivity index is 2.25. The molecule has 0 radical (unpaired) electrons. The Labute approximate surface area is 89.5 Å². The van der Waals surface area contributed by atoms with E-state index in [9.17, 15) is 8.78 Å². The maximum Gasteiger partial charge on any atom is 0.282 e. The zero-order chi connectivity index (χ0) is 11.5. The van der Waals surface area contributed by atoms with Crippen LogP contribution in [0.5, 0.6) is 0 Å². The van der Waals surface area contributed by atoms with Crippen LogP contribution in [0.15, 0.2) is 0 Å². The zero-order valence-corrected chi connectivity index (χ0v) is 9.34. The largest absolute Gasteiger partial charge is 0.390 e. The van der Waals surface area contributed by atoms with Gasteiger partial charge in [-0.15, -0.1) is 0 Å². The van der Waals surface area contributed by atoms with E-state index in [1.807, 2.05) is 0 Å². The lowest BCUT2D eigenvalue weighted by Crippen LogP contribution is -2.42. The van der Waals surface area contributed by atoms with E-state index in [4.69, 9.17) is 5.11 Å². The van der Waals surface area contributed by atoms with E-state index in [-0.39, 0.29) is 6.04 Å². The molecule has 1 rings (SSSR count). The number of hydrogen-bond acceptors (Lipinski definition) is 3. The van der Waals surface area contributed by atoms with E-state index in [0.29, 0.717) is 6.04 Å². The Bertz CT molecular complexity index is 200. The van der Waals surface area contributed by atoms with Gasteiger partial charge < -0.3 is 10.4 Å². The number of rotatable bonds is 5. The molecule has 1 unspecified atom stereocenters. The first-order valence-electron chi connectivity index (χ1n) is 5.41. The average Bonchev–Trinajstić information content (AvgIpc) is 2.63. The van der Waals surface area contributed by atoms with Gasteiger partial charge in [-0.3, -0.25) is 4.90 Å². The molecule has 0 aliphatic carbocycles. The highest BCUT2D eigenvalue weighted by molar-refractivity contribution is 4.84. The molecule has 1 aliphatic heterocycles. The fourth-order valence-electron chi connectivity index (χ4n) is 1.77. The van der Waals surface area contributed by atoms with Crippen LogP contribution in [-0.4, -0.2) is 54.3 Å². The van der Waals surface area contributed by atoms with Crippen molar-refractivity contribution in [3.8, 4) is 0 Å². The molecule has 5 heteroatoms. The van der Waals surface area contributed by atoms with Gasteiger partial charge in [-0.2, -0.15) is 0 Å². The molecule has 1 saturated heterocycles. The molecule has 0 aromatic rings. The van der Waals surface area contributed by atoms with Crippen LogP contribution in [0.2, 0.25) is 0 Å².